The van der Waals surface area contributed by atoms with E-state index in [2.05, 4.69) is 60.2 Å². The third-order valence-electron chi connectivity index (χ3n) is 4.69. The largest absolute Gasteiger partial charge is 0.478 e. The van der Waals surface area contributed by atoms with Crippen molar-refractivity contribution in [3.8, 4) is 11.5 Å². The lowest BCUT2D eigenvalue weighted by atomic mass is 10.0. The molecule has 4 heteroatoms. The van der Waals surface area contributed by atoms with Gasteiger partial charge in [-0.05, 0) is 43.3 Å². The smallest absolute Gasteiger partial charge is 0.161 e. The van der Waals surface area contributed by atoms with E-state index in [-0.39, 0.29) is 0 Å². The van der Waals surface area contributed by atoms with Crippen LogP contribution in [0.15, 0.2) is 36.4 Å². The van der Waals surface area contributed by atoms with Crippen LogP contribution in [0, 0.1) is 0 Å². The Morgan fingerprint density at radius 3 is 2.50 bits per heavy atom. The maximum absolute atomic E-state index is 5.97. The van der Waals surface area contributed by atoms with Crippen molar-refractivity contribution in [1.29, 1.82) is 0 Å². The second-order valence-electron chi connectivity index (χ2n) is 6.74. The summed E-state index contributed by atoms with van der Waals surface area (Å²) >= 11 is 0. The van der Waals surface area contributed by atoms with Gasteiger partial charge in [-0.1, -0.05) is 25.5 Å². The lowest BCUT2D eigenvalue weighted by molar-refractivity contribution is 0.121. The monoisotopic (exact) mass is 324 g/mol. The van der Waals surface area contributed by atoms with Crippen LogP contribution in [0.3, 0.4) is 0 Å². The van der Waals surface area contributed by atoms with Crippen LogP contribution in [0.1, 0.15) is 30.0 Å². The van der Waals surface area contributed by atoms with E-state index in [1.54, 1.807) is 0 Å². The standard InChI is InChI=1S/C20H24N2O2/c1-3-4-15-5-7-19-16(9-15)12-22(14-24-19)18-6-8-20-17(10-18)11-21(2)13-23-20/h5-10H,3-4,11-14H2,1-2H3. The third kappa shape index (κ3) is 2.94. The van der Waals surface area contributed by atoms with Crippen LogP contribution in [0.5, 0.6) is 11.5 Å². The molecular formula is C20H24N2O2. The Labute approximate surface area is 143 Å². The quantitative estimate of drug-likeness (QED) is 0.858. The summed E-state index contributed by atoms with van der Waals surface area (Å²) in [5, 5.41) is 0. The first-order valence-corrected chi connectivity index (χ1v) is 8.67. The van der Waals surface area contributed by atoms with Crippen molar-refractivity contribution in [2.45, 2.75) is 32.9 Å². The van der Waals surface area contributed by atoms with Crippen molar-refractivity contribution in [2.24, 2.45) is 0 Å². The first kappa shape index (κ1) is 15.3. The first-order valence-electron chi connectivity index (χ1n) is 8.67. The van der Waals surface area contributed by atoms with Gasteiger partial charge in [-0.2, -0.15) is 0 Å². The van der Waals surface area contributed by atoms with Gasteiger partial charge in [-0.3, -0.25) is 4.90 Å². The molecule has 0 amide bonds. The molecule has 2 aromatic carbocycles. The molecule has 4 rings (SSSR count). The summed E-state index contributed by atoms with van der Waals surface area (Å²) in [6.45, 7) is 5.29. The molecule has 0 radical (unpaired) electrons. The fourth-order valence-electron chi connectivity index (χ4n) is 3.45. The van der Waals surface area contributed by atoms with Crippen LogP contribution in [-0.2, 0) is 19.5 Å². The van der Waals surface area contributed by atoms with Gasteiger partial charge in [-0.15, -0.1) is 0 Å². The van der Waals surface area contributed by atoms with E-state index in [0.717, 1.165) is 31.0 Å². The van der Waals surface area contributed by atoms with Gasteiger partial charge in [0.25, 0.3) is 0 Å². The van der Waals surface area contributed by atoms with Crippen molar-refractivity contribution in [3.63, 3.8) is 0 Å². The van der Waals surface area contributed by atoms with Gasteiger partial charge >= 0.3 is 0 Å². The molecule has 0 spiro atoms. The highest BCUT2D eigenvalue weighted by atomic mass is 16.5. The van der Waals surface area contributed by atoms with E-state index in [9.17, 15) is 0 Å². The molecule has 0 saturated carbocycles. The molecule has 0 saturated heterocycles. The molecule has 0 fully saturated rings. The van der Waals surface area contributed by atoms with Crippen LogP contribution in [0.25, 0.3) is 0 Å². The van der Waals surface area contributed by atoms with Crippen LogP contribution in [-0.4, -0.2) is 25.4 Å². The van der Waals surface area contributed by atoms with Crippen LogP contribution in [0.2, 0.25) is 0 Å². The predicted octanol–water partition coefficient (Wildman–Crippen LogP) is 3.78. The summed E-state index contributed by atoms with van der Waals surface area (Å²) in [5.41, 5.74) is 5.10. The summed E-state index contributed by atoms with van der Waals surface area (Å²) < 4.78 is 11.7. The maximum Gasteiger partial charge on any atom is 0.161 e. The van der Waals surface area contributed by atoms with E-state index < -0.39 is 0 Å². The van der Waals surface area contributed by atoms with Gasteiger partial charge in [0.15, 0.2) is 6.73 Å². The number of aryl methyl sites for hydroxylation is 1. The van der Waals surface area contributed by atoms with Crippen molar-refractivity contribution in [3.05, 3.63) is 53.1 Å². The number of nitrogens with zero attached hydrogens (tertiary/aromatic N) is 2. The van der Waals surface area contributed by atoms with Gasteiger partial charge in [0.1, 0.15) is 18.2 Å². The van der Waals surface area contributed by atoms with Gasteiger partial charge in [0.2, 0.25) is 0 Å². The summed E-state index contributed by atoms with van der Waals surface area (Å²) in [6.07, 6.45) is 2.29. The van der Waals surface area contributed by atoms with E-state index in [1.165, 1.54) is 28.8 Å². The van der Waals surface area contributed by atoms with Gasteiger partial charge in [0.05, 0.1) is 0 Å². The second-order valence-corrected chi connectivity index (χ2v) is 6.74. The van der Waals surface area contributed by atoms with Gasteiger partial charge < -0.3 is 14.4 Å². The zero-order valence-corrected chi connectivity index (χ0v) is 14.4. The molecule has 2 aliphatic heterocycles. The van der Waals surface area contributed by atoms with E-state index in [0.29, 0.717) is 13.5 Å². The number of anilines is 1. The topological polar surface area (TPSA) is 24.9 Å². The number of fused-ring (bicyclic) bond motifs is 2. The van der Waals surface area contributed by atoms with Crippen molar-refractivity contribution in [1.82, 2.24) is 4.90 Å². The number of hydrogen-bond acceptors (Lipinski definition) is 4. The lowest BCUT2D eigenvalue weighted by Gasteiger charge is -2.32. The van der Waals surface area contributed by atoms with Crippen LogP contribution in [0.4, 0.5) is 5.69 Å². The van der Waals surface area contributed by atoms with E-state index in [4.69, 9.17) is 9.47 Å². The summed E-state index contributed by atoms with van der Waals surface area (Å²) in [4.78, 5) is 4.46. The predicted molar refractivity (Wildman–Crippen MR) is 95.5 cm³/mol. The molecule has 2 heterocycles. The molecule has 0 atom stereocenters. The Kier molecular flexibility index (Phi) is 4.07. The molecule has 4 nitrogen and oxygen atoms in total. The molecular weight excluding hydrogens is 300 g/mol. The van der Waals surface area contributed by atoms with Crippen LogP contribution < -0.4 is 14.4 Å². The highest BCUT2D eigenvalue weighted by Crippen LogP contribution is 2.33. The average molecular weight is 324 g/mol. The van der Waals surface area contributed by atoms with E-state index >= 15 is 0 Å². The Morgan fingerprint density at radius 2 is 1.67 bits per heavy atom. The average Bonchev–Trinajstić information content (AvgIpc) is 2.60. The Balaban J connectivity index is 1.58. The SMILES string of the molecule is CCCc1ccc2c(c1)CN(c1ccc3c(c1)CN(C)CO3)CO2. The highest BCUT2D eigenvalue weighted by Gasteiger charge is 2.20. The fraction of sp³-hybridized carbons (Fsp3) is 0.400. The number of benzene rings is 2. The first-order chi connectivity index (χ1) is 11.7. The highest BCUT2D eigenvalue weighted by molar-refractivity contribution is 5.55. The molecule has 0 bridgehead atoms. The summed E-state index contributed by atoms with van der Waals surface area (Å²) in [5.74, 6) is 2.02. The van der Waals surface area contributed by atoms with Gasteiger partial charge in [-0.25, -0.2) is 0 Å². The van der Waals surface area contributed by atoms with Crippen molar-refractivity contribution >= 4 is 5.69 Å². The van der Waals surface area contributed by atoms with Crippen LogP contribution >= 0.6 is 0 Å². The van der Waals surface area contributed by atoms with E-state index in [1.807, 2.05) is 0 Å². The zero-order chi connectivity index (χ0) is 16.5. The second kappa shape index (κ2) is 6.36. The molecule has 24 heavy (non-hydrogen) atoms. The summed E-state index contributed by atoms with van der Waals surface area (Å²) in [7, 11) is 2.07. The number of ether oxygens (including phenoxy) is 2. The number of rotatable bonds is 3. The Morgan fingerprint density at radius 1 is 0.917 bits per heavy atom. The lowest BCUT2D eigenvalue weighted by Crippen LogP contribution is -2.32. The minimum Gasteiger partial charge on any atom is -0.478 e. The molecule has 0 aliphatic carbocycles. The molecule has 2 aromatic rings. The van der Waals surface area contributed by atoms with Crippen molar-refractivity contribution < 1.29 is 9.47 Å². The molecule has 0 N–H and O–H groups in total. The fourth-order valence-corrected chi connectivity index (χ4v) is 3.45. The third-order valence-corrected chi connectivity index (χ3v) is 4.69. The molecule has 0 aromatic heterocycles. The molecule has 0 unspecified atom stereocenters. The summed E-state index contributed by atoms with van der Waals surface area (Å²) in [6, 6.07) is 13.0. The van der Waals surface area contributed by atoms with Crippen molar-refractivity contribution in [2.75, 3.05) is 25.4 Å². The maximum atomic E-state index is 5.97. The minimum absolute atomic E-state index is 0.593. The minimum atomic E-state index is 0.593. The van der Waals surface area contributed by atoms with Gasteiger partial charge in [0, 0.05) is 29.9 Å². The normalized spacial score (nSPS) is 16.8. The molecule has 126 valence electrons. The number of hydrogen-bond donors (Lipinski definition) is 0. The molecule has 2 aliphatic rings. The Bertz CT molecular complexity index is 744. The zero-order valence-electron chi connectivity index (χ0n) is 14.4. The Hall–Kier alpha value is -2.20.